The van der Waals surface area contributed by atoms with Crippen molar-refractivity contribution in [3.8, 4) is 0 Å². The fourth-order valence-corrected chi connectivity index (χ4v) is 2.82. The van der Waals surface area contributed by atoms with Gasteiger partial charge in [-0.1, -0.05) is 0 Å². The molecule has 46 valence electrons. The molecule has 2 aliphatic rings. The van der Waals surface area contributed by atoms with E-state index in [1.165, 1.54) is 18.6 Å². The van der Waals surface area contributed by atoms with E-state index in [9.17, 15) is 0 Å². The summed E-state index contributed by atoms with van der Waals surface area (Å²) in [4.78, 5) is 0. The number of hydrogen-bond acceptors (Lipinski definition) is 2. The minimum atomic E-state index is 0.593. The van der Waals surface area contributed by atoms with Crippen LogP contribution in [0.25, 0.3) is 0 Å². The highest BCUT2D eigenvalue weighted by Crippen LogP contribution is 2.39. The van der Waals surface area contributed by atoms with Crippen LogP contribution in [0.3, 0.4) is 0 Å². The summed E-state index contributed by atoms with van der Waals surface area (Å²) in [5.41, 5.74) is 0.593. The van der Waals surface area contributed by atoms with Crippen molar-refractivity contribution in [2.24, 2.45) is 5.92 Å². The van der Waals surface area contributed by atoms with Crippen molar-refractivity contribution in [3.63, 3.8) is 0 Å². The van der Waals surface area contributed by atoms with E-state index in [4.69, 9.17) is 4.74 Å². The molecule has 0 saturated carbocycles. The molecule has 2 rings (SSSR count). The van der Waals surface area contributed by atoms with Gasteiger partial charge in [0.15, 0.2) is 0 Å². The molecule has 2 heteroatoms. The Hall–Kier alpha value is 0.310. The Kier molecular flexibility index (Phi) is 1.23. The molecule has 2 aliphatic heterocycles. The summed E-state index contributed by atoms with van der Waals surface area (Å²) in [5, 5.41) is 0. The molecule has 0 amide bonds. The van der Waals surface area contributed by atoms with Crippen LogP contribution in [0.1, 0.15) is 12.8 Å². The summed E-state index contributed by atoms with van der Waals surface area (Å²) in [6.07, 6.45) is 2.72. The Bertz CT molecular complexity index is 74.5. The fourth-order valence-electron chi connectivity index (χ4n) is 1.41. The highest BCUT2D eigenvalue weighted by Gasteiger charge is 2.32. The molecule has 2 fully saturated rings. The first-order chi connectivity index (χ1) is 3.97. The van der Waals surface area contributed by atoms with Crippen molar-refractivity contribution < 1.29 is 4.74 Å². The molecule has 1 nitrogen and oxygen atoms in total. The Morgan fingerprint density at radius 3 is 3.25 bits per heavy atom. The minimum Gasteiger partial charge on any atom is -0.367 e. The van der Waals surface area contributed by atoms with Crippen LogP contribution in [0.15, 0.2) is 0 Å². The first-order valence-electron chi connectivity index (χ1n) is 3.20. The van der Waals surface area contributed by atoms with Crippen LogP contribution in [0.4, 0.5) is 0 Å². The van der Waals surface area contributed by atoms with Gasteiger partial charge in [-0.25, -0.2) is 0 Å². The maximum atomic E-state index is 5.44. The SMILES string of the molecule is C1CC2CCSC2O1. The molecule has 0 bridgehead atoms. The number of hydrogen-bond donors (Lipinski definition) is 0. The largest absolute Gasteiger partial charge is 0.367 e. The van der Waals surface area contributed by atoms with Gasteiger partial charge < -0.3 is 4.74 Å². The van der Waals surface area contributed by atoms with E-state index in [-0.39, 0.29) is 0 Å². The first kappa shape index (κ1) is 5.12. The Morgan fingerprint density at radius 2 is 2.38 bits per heavy atom. The monoisotopic (exact) mass is 130 g/mol. The van der Waals surface area contributed by atoms with Gasteiger partial charge in [0.2, 0.25) is 0 Å². The normalized spacial score (nSPS) is 45.0. The molecule has 2 saturated heterocycles. The van der Waals surface area contributed by atoms with Crippen molar-refractivity contribution in [2.45, 2.75) is 18.3 Å². The van der Waals surface area contributed by atoms with E-state index in [2.05, 4.69) is 0 Å². The summed E-state index contributed by atoms with van der Waals surface area (Å²) >= 11 is 1.99. The fraction of sp³-hybridized carbons (Fsp3) is 1.00. The van der Waals surface area contributed by atoms with Crippen LogP contribution < -0.4 is 0 Å². The van der Waals surface area contributed by atoms with Crippen LogP contribution in [0.5, 0.6) is 0 Å². The molecular formula is C6H10OS. The lowest BCUT2D eigenvalue weighted by Crippen LogP contribution is -2.02. The lowest BCUT2D eigenvalue weighted by Gasteiger charge is -2.03. The third-order valence-electron chi connectivity index (χ3n) is 1.93. The van der Waals surface area contributed by atoms with Gasteiger partial charge in [0.05, 0.1) is 0 Å². The Balaban J connectivity index is 2.04. The first-order valence-corrected chi connectivity index (χ1v) is 4.25. The second-order valence-corrected chi connectivity index (χ2v) is 3.65. The highest BCUT2D eigenvalue weighted by molar-refractivity contribution is 8.00. The van der Waals surface area contributed by atoms with E-state index in [0.717, 1.165) is 12.5 Å². The molecule has 2 atom stereocenters. The molecule has 0 radical (unpaired) electrons. The van der Waals surface area contributed by atoms with Gasteiger partial charge >= 0.3 is 0 Å². The van der Waals surface area contributed by atoms with Gasteiger partial charge in [0, 0.05) is 6.61 Å². The van der Waals surface area contributed by atoms with Gasteiger partial charge in [-0.3, -0.25) is 0 Å². The molecular weight excluding hydrogens is 120 g/mol. The summed E-state index contributed by atoms with van der Waals surface area (Å²) in [5.74, 6) is 2.25. The van der Waals surface area contributed by atoms with Crippen molar-refractivity contribution in [1.82, 2.24) is 0 Å². The number of ether oxygens (including phenoxy) is 1. The van der Waals surface area contributed by atoms with Crippen molar-refractivity contribution >= 4 is 11.8 Å². The molecule has 8 heavy (non-hydrogen) atoms. The van der Waals surface area contributed by atoms with Gasteiger partial charge in [0.25, 0.3) is 0 Å². The smallest absolute Gasteiger partial charge is 0.106 e. The second kappa shape index (κ2) is 1.92. The predicted octanol–water partition coefficient (Wildman–Crippen LogP) is 1.49. The van der Waals surface area contributed by atoms with Crippen molar-refractivity contribution in [3.05, 3.63) is 0 Å². The van der Waals surface area contributed by atoms with E-state index >= 15 is 0 Å². The summed E-state index contributed by atoms with van der Waals surface area (Å²) in [6, 6.07) is 0. The average molecular weight is 130 g/mol. The minimum absolute atomic E-state index is 0.593. The van der Waals surface area contributed by atoms with Gasteiger partial charge in [-0.2, -0.15) is 0 Å². The zero-order valence-electron chi connectivity index (χ0n) is 4.80. The van der Waals surface area contributed by atoms with E-state index in [1.807, 2.05) is 11.8 Å². The van der Waals surface area contributed by atoms with E-state index < -0.39 is 0 Å². The topological polar surface area (TPSA) is 9.23 Å². The van der Waals surface area contributed by atoms with Crippen LogP contribution in [-0.2, 0) is 4.74 Å². The van der Waals surface area contributed by atoms with Crippen molar-refractivity contribution in [1.29, 1.82) is 0 Å². The predicted molar refractivity (Wildman–Crippen MR) is 34.9 cm³/mol. The Labute approximate surface area is 53.8 Å². The van der Waals surface area contributed by atoms with E-state index in [0.29, 0.717) is 5.44 Å². The molecule has 2 unspecified atom stereocenters. The zero-order valence-corrected chi connectivity index (χ0v) is 5.62. The number of rotatable bonds is 0. The van der Waals surface area contributed by atoms with Crippen LogP contribution in [0, 0.1) is 5.92 Å². The summed E-state index contributed by atoms with van der Waals surface area (Å²) < 4.78 is 5.44. The summed E-state index contributed by atoms with van der Waals surface area (Å²) in [6.45, 7) is 1.02. The maximum absolute atomic E-state index is 5.44. The average Bonchev–Trinajstić information content (AvgIpc) is 2.15. The molecule has 0 aliphatic carbocycles. The molecule has 0 N–H and O–H groups in total. The quantitative estimate of drug-likeness (QED) is 0.491. The maximum Gasteiger partial charge on any atom is 0.106 e. The van der Waals surface area contributed by atoms with Gasteiger partial charge in [-0.15, -0.1) is 11.8 Å². The van der Waals surface area contributed by atoms with E-state index in [1.54, 1.807) is 0 Å². The summed E-state index contributed by atoms with van der Waals surface area (Å²) in [7, 11) is 0. The molecule has 0 aromatic rings. The lowest BCUT2D eigenvalue weighted by atomic mass is 10.1. The Morgan fingerprint density at radius 1 is 1.38 bits per heavy atom. The molecule has 2 heterocycles. The third kappa shape index (κ3) is 0.669. The number of thioether (sulfide) groups is 1. The molecule has 0 spiro atoms. The second-order valence-electron chi connectivity index (χ2n) is 2.45. The highest BCUT2D eigenvalue weighted by atomic mass is 32.2. The van der Waals surface area contributed by atoms with Crippen LogP contribution in [0.2, 0.25) is 0 Å². The zero-order chi connectivity index (χ0) is 5.40. The van der Waals surface area contributed by atoms with Crippen molar-refractivity contribution in [2.75, 3.05) is 12.4 Å². The standard InChI is InChI=1S/C6H10OS/c1-3-7-6-5(1)2-4-8-6/h5-6H,1-4H2. The molecule has 0 aromatic carbocycles. The molecule has 0 aromatic heterocycles. The van der Waals surface area contributed by atoms with Crippen LogP contribution in [-0.4, -0.2) is 17.8 Å². The van der Waals surface area contributed by atoms with Gasteiger partial charge in [-0.05, 0) is 24.5 Å². The lowest BCUT2D eigenvalue weighted by molar-refractivity contribution is 0.163. The number of fused-ring (bicyclic) bond motifs is 1. The van der Waals surface area contributed by atoms with Crippen LogP contribution >= 0.6 is 11.8 Å². The third-order valence-corrected chi connectivity index (χ3v) is 3.25. The van der Waals surface area contributed by atoms with Gasteiger partial charge in [0.1, 0.15) is 5.44 Å².